The topological polar surface area (TPSA) is 67.2 Å². The van der Waals surface area contributed by atoms with Crippen LogP contribution in [0.1, 0.15) is 19.3 Å². The molecule has 0 amide bonds. The number of aryl methyl sites for hydroxylation is 1. The van der Waals surface area contributed by atoms with Crippen LogP contribution in [-0.4, -0.2) is 48.5 Å². The van der Waals surface area contributed by atoms with Gasteiger partial charge < -0.3 is 9.47 Å². The Bertz CT molecular complexity index is 716. The van der Waals surface area contributed by atoms with Gasteiger partial charge in [-0.1, -0.05) is 18.2 Å². The quantitative estimate of drug-likeness (QED) is 0.827. The highest BCUT2D eigenvalue weighted by Crippen LogP contribution is 2.15. The molecule has 2 aromatic rings. The third kappa shape index (κ3) is 4.66. The molecule has 6 nitrogen and oxygen atoms in total. The molecule has 1 aromatic carbocycles. The highest BCUT2D eigenvalue weighted by molar-refractivity contribution is 7.89. The third-order valence-corrected chi connectivity index (χ3v) is 5.87. The molecular weight excluding hydrogens is 324 g/mol. The van der Waals surface area contributed by atoms with E-state index in [0.29, 0.717) is 4.90 Å². The van der Waals surface area contributed by atoms with E-state index in [4.69, 9.17) is 0 Å². The van der Waals surface area contributed by atoms with Crippen LogP contribution in [0.4, 0.5) is 0 Å². The molecule has 1 saturated heterocycles. The fraction of sp³-hybridized carbons (Fsp3) is 0.471. The minimum absolute atomic E-state index is 0.0165. The van der Waals surface area contributed by atoms with Crippen molar-refractivity contribution >= 4 is 10.0 Å². The maximum Gasteiger partial charge on any atom is 0.240 e. The van der Waals surface area contributed by atoms with E-state index in [1.807, 2.05) is 18.6 Å². The zero-order valence-electron chi connectivity index (χ0n) is 13.7. The standard InChI is InChI=1S/C17H24N4O2S/c22-24(23,17-7-2-1-3-8-17)19-16-6-4-10-20(14-16)11-5-12-21-13-9-18-15-21/h1-3,7-9,13,15-16,19H,4-6,10-12,14H2/t16-/m1/s1. The summed E-state index contributed by atoms with van der Waals surface area (Å²) in [5.74, 6) is 0. The Balaban J connectivity index is 1.50. The Morgan fingerprint density at radius 1 is 1.21 bits per heavy atom. The summed E-state index contributed by atoms with van der Waals surface area (Å²) < 4.78 is 29.8. The predicted octanol–water partition coefficient (Wildman–Crippen LogP) is 1.72. The zero-order valence-corrected chi connectivity index (χ0v) is 14.5. The Labute approximate surface area is 143 Å². The number of nitrogens with one attached hydrogen (secondary N) is 1. The summed E-state index contributed by atoms with van der Waals surface area (Å²) in [6, 6.07) is 8.57. The smallest absolute Gasteiger partial charge is 0.240 e. The largest absolute Gasteiger partial charge is 0.337 e. The molecule has 0 bridgehead atoms. The molecule has 1 aromatic heterocycles. The van der Waals surface area contributed by atoms with Crippen molar-refractivity contribution in [1.29, 1.82) is 0 Å². The number of hydrogen-bond donors (Lipinski definition) is 1. The lowest BCUT2D eigenvalue weighted by atomic mass is 10.1. The van der Waals surface area contributed by atoms with E-state index in [1.54, 1.807) is 30.5 Å². The zero-order chi connectivity index (χ0) is 16.8. The molecular formula is C17H24N4O2S. The first-order chi connectivity index (χ1) is 11.6. The van der Waals surface area contributed by atoms with Crippen LogP contribution >= 0.6 is 0 Å². The van der Waals surface area contributed by atoms with Gasteiger partial charge in [0.1, 0.15) is 0 Å². The number of piperidine rings is 1. The summed E-state index contributed by atoms with van der Waals surface area (Å²) in [5, 5.41) is 0. The van der Waals surface area contributed by atoms with Gasteiger partial charge in [0.25, 0.3) is 0 Å². The normalized spacial score (nSPS) is 19.4. The Kier molecular flexibility index (Phi) is 5.65. The van der Waals surface area contributed by atoms with Gasteiger partial charge in [-0.3, -0.25) is 0 Å². The first kappa shape index (κ1) is 17.1. The van der Waals surface area contributed by atoms with E-state index < -0.39 is 10.0 Å². The molecule has 3 rings (SSSR count). The third-order valence-electron chi connectivity index (χ3n) is 4.33. The van der Waals surface area contributed by atoms with Crippen LogP contribution in [-0.2, 0) is 16.6 Å². The summed E-state index contributed by atoms with van der Waals surface area (Å²) in [5.41, 5.74) is 0. The SMILES string of the molecule is O=S(=O)(N[C@@H]1CCCN(CCCn2ccnc2)C1)c1ccccc1. The van der Waals surface area contributed by atoms with Crippen LogP contribution in [0, 0.1) is 0 Å². The molecule has 24 heavy (non-hydrogen) atoms. The maximum atomic E-state index is 12.4. The molecule has 1 aliphatic heterocycles. The molecule has 2 heterocycles. The molecule has 0 aliphatic carbocycles. The molecule has 7 heteroatoms. The summed E-state index contributed by atoms with van der Waals surface area (Å²) >= 11 is 0. The average Bonchev–Trinajstić information content (AvgIpc) is 3.09. The van der Waals surface area contributed by atoms with Crippen molar-refractivity contribution in [3.05, 3.63) is 49.1 Å². The van der Waals surface area contributed by atoms with E-state index in [9.17, 15) is 8.42 Å². The van der Waals surface area contributed by atoms with Crippen LogP contribution in [0.5, 0.6) is 0 Å². The summed E-state index contributed by atoms with van der Waals surface area (Å²) in [4.78, 5) is 6.72. The lowest BCUT2D eigenvalue weighted by Crippen LogP contribution is -2.47. The van der Waals surface area contributed by atoms with Gasteiger partial charge in [0.2, 0.25) is 10.0 Å². The Hall–Kier alpha value is -1.70. The second-order valence-electron chi connectivity index (χ2n) is 6.23. The van der Waals surface area contributed by atoms with Crippen molar-refractivity contribution in [2.75, 3.05) is 19.6 Å². The van der Waals surface area contributed by atoms with E-state index in [1.165, 1.54) is 0 Å². The van der Waals surface area contributed by atoms with Crippen molar-refractivity contribution in [2.24, 2.45) is 0 Å². The van der Waals surface area contributed by atoms with Gasteiger partial charge in [0, 0.05) is 31.5 Å². The number of rotatable bonds is 7. The number of benzene rings is 1. The second kappa shape index (κ2) is 7.92. The highest BCUT2D eigenvalue weighted by atomic mass is 32.2. The number of sulfonamides is 1. The second-order valence-corrected chi connectivity index (χ2v) is 7.94. The average molecular weight is 348 g/mol. The summed E-state index contributed by atoms with van der Waals surface area (Å²) in [7, 11) is -3.43. The van der Waals surface area contributed by atoms with Gasteiger partial charge in [-0.25, -0.2) is 18.1 Å². The lowest BCUT2D eigenvalue weighted by Gasteiger charge is -2.33. The van der Waals surface area contributed by atoms with Gasteiger partial charge in [0.15, 0.2) is 0 Å². The number of aromatic nitrogens is 2. The first-order valence-corrected chi connectivity index (χ1v) is 9.87. The van der Waals surface area contributed by atoms with Crippen molar-refractivity contribution in [1.82, 2.24) is 19.2 Å². The first-order valence-electron chi connectivity index (χ1n) is 8.39. The predicted molar refractivity (Wildman–Crippen MR) is 93.1 cm³/mol. The molecule has 0 unspecified atom stereocenters. The van der Waals surface area contributed by atoms with Gasteiger partial charge in [-0.2, -0.15) is 0 Å². The maximum absolute atomic E-state index is 12.4. The van der Waals surface area contributed by atoms with Crippen LogP contribution in [0.2, 0.25) is 0 Å². The molecule has 1 fully saturated rings. The number of likely N-dealkylation sites (tertiary alicyclic amines) is 1. The minimum atomic E-state index is -3.43. The molecule has 0 spiro atoms. The van der Waals surface area contributed by atoms with Gasteiger partial charge in [-0.15, -0.1) is 0 Å². The van der Waals surface area contributed by atoms with Crippen LogP contribution in [0.25, 0.3) is 0 Å². The van der Waals surface area contributed by atoms with Gasteiger partial charge in [-0.05, 0) is 44.5 Å². The fourth-order valence-corrected chi connectivity index (χ4v) is 4.42. The van der Waals surface area contributed by atoms with E-state index in [0.717, 1.165) is 45.4 Å². The number of nitrogens with zero attached hydrogens (tertiary/aromatic N) is 3. The van der Waals surface area contributed by atoms with Gasteiger partial charge >= 0.3 is 0 Å². The highest BCUT2D eigenvalue weighted by Gasteiger charge is 2.24. The Morgan fingerprint density at radius 2 is 2.04 bits per heavy atom. The molecule has 1 atom stereocenters. The summed E-state index contributed by atoms with van der Waals surface area (Å²) in [6.45, 7) is 3.72. The minimum Gasteiger partial charge on any atom is -0.337 e. The number of hydrogen-bond acceptors (Lipinski definition) is 4. The lowest BCUT2D eigenvalue weighted by molar-refractivity contribution is 0.197. The molecule has 0 radical (unpaired) electrons. The molecule has 130 valence electrons. The molecule has 1 N–H and O–H groups in total. The van der Waals surface area contributed by atoms with Crippen LogP contribution < -0.4 is 4.72 Å². The van der Waals surface area contributed by atoms with E-state index >= 15 is 0 Å². The molecule has 1 aliphatic rings. The van der Waals surface area contributed by atoms with Crippen molar-refractivity contribution in [2.45, 2.75) is 36.7 Å². The van der Waals surface area contributed by atoms with E-state index in [-0.39, 0.29) is 6.04 Å². The fourth-order valence-electron chi connectivity index (χ4n) is 3.14. The van der Waals surface area contributed by atoms with Crippen LogP contribution in [0.15, 0.2) is 53.9 Å². The van der Waals surface area contributed by atoms with Crippen LogP contribution in [0.3, 0.4) is 0 Å². The monoisotopic (exact) mass is 348 g/mol. The summed E-state index contributed by atoms with van der Waals surface area (Å²) in [6.07, 6.45) is 8.53. The Morgan fingerprint density at radius 3 is 2.79 bits per heavy atom. The van der Waals surface area contributed by atoms with Crippen molar-refractivity contribution in [3.8, 4) is 0 Å². The van der Waals surface area contributed by atoms with E-state index in [2.05, 4.69) is 19.2 Å². The molecule has 0 saturated carbocycles. The number of imidazole rings is 1. The van der Waals surface area contributed by atoms with Gasteiger partial charge in [0.05, 0.1) is 11.2 Å². The van der Waals surface area contributed by atoms with Crippen molar-refractivity contribution < 1.29 is 8.42 Å². The van der Waals surface area contributed by atoms with Crippen molar-refractivity contribution in [3.63, 3.8) is 0 Å².